The zero-order valence-corrected chi connectivity index (χ0v) is 16.4. The summed E-state index contributed by atoms with van der Waals surface area (Å²) in [5, 5.41) is 4.26. The summed E-state index contributed by atoms with van der Waals surface area (Å²) >= 11 is 6.28. The van der Waals surface area contributed by atoms with Crippen molar-refractivity contribution in [1.29, 1.82) is 0 Å². The zero-order valence-electron chi connectivity index (χ0n) is 15.6. The highest BCUT2D eigenvalue weighted by atomic mass is 35.5. The van der Waals surface area contributed by atoms with Crippen molar-refractivity contribution in [3.05, 3.63) is 64.8 Å². The number of amides is 1. The fourth-order valence-corrected chi connectivity index (χ4v) is 2.91. The van der Waals surface area contributed by atoms with E-state index in [1.54, 1.807) is 18.2 Å². The molecule has 0 saturated carbocycles. The van der Waals surface area contributed by atoms with Gasteiger partial charge >= 0.3 is 0 Å². The number of carbonyl (C=O) groups excluding carboxylic acids is 1. The van der Waals surface area contributed by atoms with E-state index >= 15 is 0 Å². The van der Waals surface area contributed by atoms with Gasteiger partial charge in [0.15, 0.2) is 0 Å². The molecule has 0 fully saturated rings. The number of fused-ring (bicyclic) bond motifs is 1. The summed E-state index contributed by atoms with van der Waals surface area (Å²) in [5.74, 6) is 0.378. The average Bonchev–Trinajstić information content (AvgIpc) is 2.62. The quantitative estimate of drug-likeness (QED) is 0.685. The third-order valence-electron chi connectivity index (χ3n) is 4.14. The molecule has 1 amide bonds. The summed E-state index contributed by atoms with van der Waals surface area (Å²) < 4.78 is 5.66. The van der Waals surface area contributed by atoms with Gasteiger partial charge in [-0.2, -0.15) is 0 Å². The number of ether oxygens (including phenoxy) is 1. The molecule has 0 unspecified atom stereocenters. The smallest absolute Gasteiger partial charge is 0.257 e. The molecule has 0 aliphatic heterocycles. The number of halogens is 1. The monoisotopic (exact) mass is 383 g/mol. The summed E-state index contributed by atoms with van der Waals surface area (Å²) in [4.78, 5) is 19.2. The minimum Gasteiger partial charge on any atom is -0.491 e. The lowest BCUT2D eigenvalue weighted by atomic mass is 10.1. The number of pyridine rings is 1. The van der Waals surface area contributed by atoms with Gasteiger partial charge in [0.25, 0.3) is 5.91 Å². The molecule has 0 radical (unpaired) electrons. The first kappa shape index (κ1) is 19.1. The molecular formula is C21H22ClN3O2. The van der Waals surface area contributed by atoms with E-state index in [1.807, 2.05) is 56.3 Å². The van der Waals surface area contributed by atoms with Crippen molar-refractivity contribution in [1.82, 2.24) is 9.88 Å². The summed E-state index contributed by atoms with van der Waals surface area (Å²) in [6.45, 7) is 3.17. The van der Waals surface area contributed by atoms with Gasteiger partial charge in [0, 0.05) is 17.6 Å². The molecule has 0 spiro atoms. The van der Waals surface area contributed by atoms with Gasteiger partial charge in [-0.25, -0.2) is 0 Å². The molecule has 140 valence electrons. The average molecular weight is 384 g/mol. The fraction of sp³-hybridized carbons (Fsp3) is 0.238. The summed E-state index contributed by atoms with van der Waals surface area (Å²) in [6, 6.07) is 14.8. The van der Waals surface area contributed by atoms with Gasteiger partial charge in [0.2, 0.25) is 0 Å². The van der Waals surface area contributed by atoms with E-state index in [0.29, 0.717) is 34.3 Å². The topological polar surface area (TPSA) is 54.5 Å². The van der Waals surface area contributed by atoms with Gasteiger partial charge in [-0.15, -0.1) is 0 Å². The molecule has 6 heteroatoms. The van der Waals surface area contributed by atoms with Crippen LogP contribution in [0.15, 0.2) is 48.5 Å². The highest BCUT2D eigenvalue weighted by Gasteiger charge is 2.13. The second kappa shape index (κ2) is 8.37. The minimum atomic E-state index is -0.219. The van der Waals surface area contributed by atoms with E-state index in [2.05, 4.69) is 10.3 Å². The molecule has 1 N–H and O–H groups in total. The van der Waals surface area contributed by atoms with Crippen molar-refractivity contribution in [2.24, 2.45) is 0 Å². The molecule has 0 bridgehead atoms. The van der Waals surface area contributed by atoms with E-state index in [1.165, 1.54) is 0 Å². The third kappa shape index (κ3) is 4.76. The molecular weight excluding hydrogens is 362 g/mol. The lowest BCUT2D eigenvalue weighted by molar-refractivity contribution is 0.102. The Morgan fingerprint density at radius 2 is 1.96 bits per heavy atom. The van der Waals surface area contributed by atoms with Crippen LogP contribution in [0.3, 0.4) is 0 Å². The normalized spacial score (nSPS) is 11.0. The largest absolute Gasteiger partial charge is 0.491 e. The van der Waals surface area contributed by atoms with Gasteiger partial charge in [-0.05, 0) is 51.4 Å². The molecule has 2 aromatic carbocycles. The van der Waals surface area contributed by atoms with Crippen molar-refractivity contribution < 1.29 is 9.53 Å². The van der Waals surface area contributed by atoms with Crippen LogP contribution in [0.4, 0.5) is 5.69 Å². The van der Waals surface area contributed by atoms with E-state index in [9.17, 15) is 4.79 Å². The second-order valence-electron chi connectivity index (χ2n) is 6.57. The number of aryl methyl sites for hydroxylation is 1. The van der Waals surface area contributed by atoms with Gasteiger partial charge in [-0.1, -0.05) is 29.8 Å². The van der Waals surface area contributed by atoms with Crippen LogP contribution in [0.1, 0.15) is 16.1 Å². The predicted octanol–water partition coefficient (Wildman–Crippen LogP) is 4.39. The number of anilines is 1. The number of hydrogen-bond acceptors (Lipinski definition) is 4. The van der Waals surface area contributed by atoms with Gasteiger partial charge in [0.1, 0.15) is 12.4 Å². The number of carbonyl (C=O) groups is 1. The van der Waals surface area contributed by atoms with Crippen LogP contribution in [0, 0.1) is 6.92 Å². The lowest BCUT2D eigenvalue weighted by Crippen LogP contribution is -2.19. The number of nitrogens with one attached hydrogen (secondary N) is 1. The number of nitrogens with zero attached hydrogens (tertiary/aromatic N) is 2. The molecule has 1 heterocycles. The number of hydrogen-bond donors (Lipinski definition) is 1. The first-order valence-electron chi connectivity index (χ1n) is 8.69. The Bertz CT molecular complexity index is 973. The van der Waals surface area contributed by atoms with Crippen LogP contribution in [0.5, 0.6) is 5.75 Å². The predicted molar refractivity (Wildman–Crippen MR) is 110 cm³/mol. The summed E-state index contributed by atoms with van der Waals surface area (Å²) in [7, 11) is 3.96. The maximum absolute atomic E-state index is 12.7. The van der Waals surface area contributed by atoms with Crippen LogP contribution < -0.4 is 10.1 Å². The Hall–Kier alpha value is -2.63. The van der Waals surface area contributed by atoms with Crippen molar-refractivity contribution in [3.63, 3.8) is 0 Å². The maximum Gasteiger partial charge on any atom is 0.257 e. The SMILES string of the molecule is Cc1nc2ccccc2cc1C(=O)Nc1ccc(OCCN(C)C)c(Cl)c1. The van der Waals surface area contributed by atoms with Crippen LogP contribution in [0.2, 0.25) is 5.02 Å². The molecule has 0 atom stereocenters. The molecule has 0 aliphatic carbocycles. The van der Waals surface area contributed by atoms with Gasteiger partial charge < -0.3 is 15.0 Å². The van der Waals surface area contributed by atoms with Crippen molar-refractivity contribution in [2.45, 2.75) is 6.92 Å². The molecule has 5 nitrogen and oxygen atoms in total. The van der Waals surface area contributed by atoms with E-state index < -0.39 is 0 Å². The fourth-order valence-electron chi connectivity index (χ4n) is 2.67. The molecule has 0 saturated heterocycles. The number of likely N-dealkylation sites (N-methyl/N-ethyl adjacent to an activating group) is 1. The Morgan fingerprint density at radius 1 is 1.19 bits per heavy atom. The van der Waals surface area contributed by atoms with Crippen molar-refractivity contribution in [2.75, 3.05) is 32.6 Å². The van der Waals surface area contributed by atoms with E-state index in [4.69, 9.17) is 16.3 Å². The van der Waals surface area contributed by atoms with Gasteiger partial charge in [0.05, 0.1) is 21.8 Å². The Balaban J connectivity index is 1.74. The first-order chi connectivity index (χ1) is 12.9. The summed E-state index contributed by atoms with van der Waals surface area (Å²) in [6.07, 6.45) is 0. The van der Waals surface area contributed by atoms with Crippen molar-refractivity contribution in [3.8, 4) is 5.75 Å². The third-order valence-corrected chi connectivity index (χ3v) is 4.44. The number of benzene rings is 2. The van der Waals surface area contributed by atoms with E-state index in [0.717, 1.165) is 17.4 Å². The van der Waals surface area contributed by atoms with Crippen LogP contribution in [-0.2, 0) is 0 Å². The molecule has 3 rings (SSSR count). The highest BCUT2D eigenvalue weighted by molar-refractivity contribution is 6.32. The molecule has 3 aromatic rings. The first-order valence-corrected chi connectivity index (χ1v) is 9.06. The van der Waals surface area contributed by atoms with Crippen molar-refractivity contribution >= 4 is 34.1 Å². The highest BCUT2D eigenvalue weighted by Crippen LogP contribution is 2.28. The lowest BCUT2D eigenvalue weighted by Gasteiger charge is -2.13. The molecule has 27 heavy (non-hydrogen) atoms. The number of rotatable bonds is 6. The Kier molecular flexibility index (Phi) is 5.94. The Labute approximate surface area is 163 Å². The number of aromatic nitrogens is 1. The van der Waals surface area contributed by atoms with Crippen LogP contribution >= 0.6 is 11.6 Å². The number of para-hydroxylation sites is 1. The van der Waals surface area contributed by atoms with Crippen LogP contribution in [-0.4, -0.2) is 43.0 Å². The van der Waals surface area contributed by atoms with Crippen LogP contribution in [0.25, 0.3) is 10.9 Å². The Morgan fingerprint density at radius 3 is 2.70 bits per heavy atom. The zero-order chi connectivity index (χ0) is 19.4. The van der Waals surface area contributed by atoms with Gasteiger partial charge in [-0.3, -0.25) is 9.78 Å². The summed E-state index contributed by atoms with van der Waals surface area (Å²) in [5.41, 5.74) is 2.70. The maximum atomic E-state index is 12.7. The molecule has 0 aliphatic rings. The second-order valence-corrected chi connectivity index (χ2v) is 6.97. The minimum absolute atomic E-state index is 0.219. The standard InChI is InChI=1S/C21H22ClN3O2/c1-14-17(12-15-6-4-5-7-19(15)23-14)21(26)24-16-8-9-20(18(22)13-16)27-11-10-25(2)3/h4-9,12-13H,10-11H2,1-3H3,(H,24,26). The molecule has 1 aromatic heterocycles. The van der Waals surface area contributed by atoms with E-state index in [-0.39, 0.29) is 5.91 Å².